The highest BCUT2D eigenvalue weighted by molar-refractivity contribution is 6.35. The van der Waals surface area contributed by atoms with Gasteiger partial charge in [0.25, 0.3) is 0 Å². The molecule has 2 aromatic carbocycles. The summed E-state index contributed by atoms with van der Waals surface area (Å²) in [6.45, 7) is 1.24. The summed E-state index contributed by atoms with van der Waals surface area (Å²) in [4.78, 5) is 23.8. The van der Waals surface area contributed by atoms with Crippen LogP contribution < -0.4 is 10.6 Å². The van der Waals surface area contributed by atoms with Crippen LogP contribution in [-0.2, 0) is 27.3 Å². The van der Waals surface area contributed by atoms with Crippen molar-refractivity contribution in [2.24, 2.45) is 0 Å². The predicted molar refractivity (Wildman–Crippen MR) is 90.1 cm³/mol. The van der Waals surface area contributed by atoms with Gasteiger partial charge in [-0.3, -0.25) is 9.59 Å². The van der Waals surface area contributed by atoms with Crippen LogP contribution in [0.3, 0.4) is 0 Å². The molecule has 1 aliphatic heterocycles. The van der Waals surface area contributed by atoms with Gasteiger partial charge in [-0.05, 0) is 23.1 Å². The summed E-state index contributed by atoms with van der Waals surface area (Å²) in [5.74, 6) is -1.28. The first-order valence-electron chi connectivity index (χ1n) is 8.03. The second kappa shape index (κ2) is 7.75. The lowest BCUT2D eigenvalue weighted by atomic mass is 9.97. The molecule has 0 saturated carbocycles. The molecule has 1 heterocycles. The Hall–Kier alpha value is -2.66. The minimum atomic E-state index is -0.641. The molecule has 2 amide bonds. The molecule has 124 valence electrons. The third kappa shape index (κ3) is 4.00. The van der Waals surface area contributed by atoms with Crippen LogP contribution in [0.1, 0.15) is 22.8 Å². The number of ether oxygens (including phenoxy) is 1. The molecule has 0 unspecified atom stereocenters. The molecule has 2 N–H and O–H groups in total. The smallest absolute Gasteiger partial charge is 0.309 e. The molecule has 1 atom stereocenters. The number of benzene rings is 2. The summed E-state index contributed by atoms with van der Waals surface area (Å²) in [6.07, 6.45) is 0.666. The Kier molecular flexibility index (Phi) is 5.23. The lowest BCUT2D eigenvalue weighted by Crippen LogP contribution is -2.41. The lowest BCUT2D eigenvalue weighted by Gasteiger charge is -2.26. The average Bonchev–Trinajstić information content (AvgIpc) is 2.65. The minimum Gasteiger partial charge on any atom is -0.371 e. The van der Waals surface area contributed by atoms with Crippen LogP contribution in [0.25, 0.3) is 0 Å². The molecule has 0 spiro atoms. The van der Waals surface area contributed by atoms with Crippen molar-refractivity contribution >= 4 is 11.8 Å². The zero-order chi connectivity index (χ0) is 16.8. The van der Waals surface area contributed by atoms with E-state index in [0.717, 1.165) is 17.5 Å². The van der Waals surface area contributed by atoms with Gasteiger partial charge in [0, 0.05) is 13.1 Å². The fourth-order valence-corrected chi connectivity index (χ4v) is 2.77. The zero-order valence-corrected chi connectivity index (χ0v) is 13.3. The van der Waals surface area contributed by atoms with Gasteiger partial charge in [0.1, 0.15) is 6.10 Å². The van der Waals surface area contributed by atoms with Gasteiger partial charge in [0.2, 0.25) is 0 Å². The van der Waals surface area contributed by atoms with E-state index in [4.69, 9.17) is 4.74 Å². The standard InChI is InChI=1S/C19H20N2O3/c22-18(20-12-14-6-2-1-3-7-14)19(23)21-13-17-16-9-5-4-8-15(16)10-11-24-17/h1-9,17H,10-13H2,(H,20,22)(H,21,23)/t17-/m1/s1. The molecule has 0 bridgehead atoms. The minimum absolute atomic E-state index is 0.208. The SMILES string of the molecule is O=C(NCc1ccccc1)C(=O)NC[C@H]1OCCc2ccccc21. The topological polar surface area (TPSA) is 67.4 Å². The first-order valence-corrected chi connectivity index (χ1v) is 8.03. The van der Waals surface area contributed by atoms with Crippen LogP contribution >= 0.6 is 0 Å². The Bertz CT molecular complexity index is 716. The summed E-state index contributed by atoms with van der Waals surface area (Å²) in [5, 5.41) is 5.27. The second-order valence-electron chi connectivity index (χ2n) is 5.69. The van der Waals surface area contributed by atoms with E-state index in [9.17, 15) is 9.59 Å². The highest BCUT2D eigenvalue weighted by atomic mass is 16.5. The number of hydrogen-bond acceptors (Lipinski definition) is 3. The largest absolute Gasteiger partial charge is 0.371 e. The van der Waals surface area contributed by atoms with Crippen molar-refractivity contribution in [1.29, 1.82) is 0 Å². The molecule has 5 nitrogen and oxygen atoms in total. The fraction of sp³-hybridized carbons (Fsp3) is 0.263. The zero-order valence-electron chi connectivity index (χ0n) is 13.3. The molecule has 0 fully saturated rings. The fourth-order valence-electron chi connectivity index (χ4n) is 2.77. The quantitative estimate of drug-likeness (QED) is 0.842. The van der Waals surface area contributed by atoms with Gasteiger partial charge in [-0.1, -0.05) is 54.6 Å². The van der Waals surface area contributed by atoms with Gasteiger partial charge in [-0.25, -0.2) is 0 Å². The summed E-state index contributed by atoms with van der Waals surface area (Å²) in [6, 6.07) is 17.5. The Morgan fingerprint density at radius 1 is 0.958 bits per heavy atom. The molecule has 0 saturated heterocycles. The van der Waals surface area contributed by atoms with E-state index in [1.165, 1.54) is 5.56 Å². The number of carbonyl (C=O) groups is 2. The lowest BCUT2D eigenvalue weighted by molar-refractivity contribution is -0.139. The highest BCUT2D eigenvalue weighted by Crippen LogP contribution is 2.26. The van der Waals surface area contributed by atoms with E-state index in [1.54, 1.807) is 0 Å². The van der Waals surface area contributed by atoms with Crippen LogP contribution in [0.5, 0.6) is 0 Å². The number of amides is 2. The third-order valence-electron chi connectivity index (χ3n) is 4.04. The van der Waals surface area contributed by atoms with Crippen molar-refractivity contribution in [3.05, 3.63) is 71.3 Å². The molecule has 5 heteroatoms. The third-order valence-corrected chi connectivity index (χ3v) is 4.04. The van der Waals surface area contributed by atoms with E-state index >= 15 is 0 Å². The second-order valence-corrected chi connectivity index (χ2v) is 5.69. The predicted octanol–water partition coefficient (Wildman–Crippen LogP) is 1.73. The van der Waals surface area contributed by atoms with Gasteiger partial charge in [-0.2, -0.15) is 0 Å². The summed E-state index contributed by atoms with van der Waals surface area (Å²) < 4.78 is 5.72. The molecular weight excluding hydrogens is 304 g/mol. The molecule has 24 heavy (non-hydrogen) atoms. The Morgan fingerprint density at radius 3 is 2.50 bits per heavy atom. The normalized spacial score (nSPS) is 16.1. The van der Waals surface area contributed by atoms with Crippen molar-refractivity contribution in [2.45, 2.75) is 19.1 Å². The maximum atomic E-state index is 11.9. The molecule has 0 radical (unpaired) electrons. The van der Waals surface area contributed by atoms with Crippen LogP contribution in [0.4, 0.5) is 0 Å². The molecule has 2 aromatic rings. The van der Waals surface area contributed by atoms with Crippen molar-refractivity contribution in [3.8, 4) is 0 Å². The van der Waals surface area contributed by atoms with Gasteiger partial charge in [-0.15, -0.1) is 0 Å². The maximum Gasteiger partial charge on any atom is 0.309 e. The Labute approximate surface area is 141 Å². The van der Waals surface area contributed by atoms with Crippen molar-refractivity contribution < 1.29 is 14.3 Å². The van der Waals surface area contributed by atoms with Gasteiger partial charge >= 0.3 is 11.8 Å². The van der Waals surface area contributed by atoms with E-state index in [0.29, 0.717) is 13.2 Å². The van der Waals surface area contributed by atoms with Crippen LogP contribution in [0.15, 0.2) is 54.6 Å². The Morgan fingerprint density at radius 2 is 1.67 bits per heavy atom. The van der Waals surface area contributed by atoms with Gasteiger partial charge in [0.05, 0.1) is 6.61 Å². The van der Waals surface area contributed by atoms with Gasteiger partial charge < -0.3 is 15.4 Å². The molecule has 0 aliphatic carbocycles. The first-order chi connectivity index (χ1) is 11.7. The summed E-state index contributed by atoms with van der Waals surface area (Å²) in [7, 11) is 0. The Balaban J connectivity index is 1.50. The van der Waals surface area contributed by atoms with Crippen LogP contribution in [-0.4, -0.2) is 25.0 Å². The molecule has 1 aliphatic rings. The van der Waals surface area contributed by atoms with E-state index in [1.807, 2.05) is 48.5 Å². The molecule has 3 rings (SSSR count). The van der Waals surface area contributed by atoms with Crippen molar-refractivity contribution in [3.63, 3.8) is 0 Å². The van der Waals surface area contributed by atoms with Crippen LogP contribution in [0.2, 0.25) is 0 Å². The molecular formula is C19H20N2O3. The number of carbonyl (C=O) groups excluding carboxylic acids is 2. The maximum absolute atomic E-state index is 11.9. The summed E-state index contributed by atoms with van der Waals surface area (Å²) >= 11 is 0. The number of nitrogens with one attached hydrogen (secondary N) is 2. The van der Waals surface area contributed by atoms with Crippen LogP contribution in [0, 0.1) is 0 Å². The van der Waals surface area contributed by atoms with Gasteiger partial charge in [0.15, 0.2) is 0 Å². The highest BCUT2D eigenvalue weighted by Gasteiger charge is 2.22. The number of fused-ring (bicyclic) bond motifs is 1. The monoisotopic (exact) mass is 324 g/mol. The van der Waals surface area contributed by atoms with Crippen molar-refractivity contribution in [1.82, 2.24) is 10.6 Å². The summed E-state index contributed by atoms with van der Waals surface area (Å²) in [5.41, 5.74) is 3.26. The van der Waals surface area contributed by atoms with Crippen molar-refractivity contribution in [2.75, 3.05) is 13.2 Å². The molecule has 0 aromatic heterocycles. The van der Waals surface area contributed by atoms with E-state index in [-0.39, 0.29) is 12.6 Å². The van der Waals surface area contributed by atoms with E-state index < -0.39 is 11.8 Å². The van der Waals surface area contributed by atoms with E-state index in [2.05, 4.69) is 16.7 Å². The first kappa shape index (κ1) is 16.2. The number of rotatable bonds is 4. The number of hydrogen-bond donors (Lipinski definition) is 2. The average molecular weight is 324 g/mol.